The molecular weight excluding hydrogens is 408 g/mol. The van der Waals surface area contributed by atoms with Gasteiger partial charge in [-0.15, -0.1) is 10.2 Å². The Bertz CT molecular complexity index is 1070. The summed E-state index contributed by atoms with van der Waals surface area (Å²) in [5.74, 6) is 0.827. The van der Waals surface area contributed by atoms with Crippen LogP contribution in [0.25, 0.3) is 11.5 Å². The molecule has 166 valence electrons. The smallest absolute Gasteiger partial charge is 0.311 e. The van der Waals surface area contributed by atoms with Gasteiger partial charge in [-0.25, -0.2) is 0 Å². The summed E-state index contributed by atoms with van der Waals surface area (Å²) in [5.41, 5.74) is 1.45. The number of rotatable bonds is 7. The third-order valence-corrected chi connectivity index (χ3v) is 6.09. The van der Waals surface area contributed by atoms with Crippen LogP contribution in [0.2, 0.25) is 0 Å². The summed E-state index contributed by atoms with van der Waals surface area (Å²) in [4.78, 5) is 16.4. The molecule has 0 spiro atoms. The molecule has 0 saturated carbocycles. The maximum absolute atomic E-state index is 12.6. The van der Waals surface area contributed by atoms with Gasteiger partial charge in [-0.3, -0.25) is 9.69 Å². The third-order valence-electron chi connectivity index (χ3n) is 6.09. The lowest BCUT2D eigenvalue weighted by Gasteiger charge is -2.46. The highest BCUT2D eigenvalue weighted by atomic mass is 16.5. The summed E-state index contributed by atoms with van der Waals surface area (Å²) in [5, 5.41) is 18.0. The molecule has 0 atom stereocenters. The van der Waals surface area contributed by atoms with E-state index in [1.165, 1.54) is 5.56 Å². The molecule has 1 aromatic heterocycles. The van der Waals surface area contributed by atoms with E-state index in [0.29, 0.717) is 19.0 Å². The molecule has 5 rings (SSSR count). The van der Waals surface area contributed by atoms with Crippen molar-refractivity contribution in [2.75, 3.05) is 26.2 Å². The predicted octanol–water partition coefficient (Wildman–Crippen LogP) is 2.60. The number of carbonyl (C=O) groups is 1. The molecule has 2 aliphatic heterocycles. The summed E-state index contributed by atoms with van der Waals surface area (Å²) in [7, 11) is 0. The first-order valence-electron chi connectivity index (χ1n) is 10.9. The van der Waals surface area contributed by atoms with Crippen LogP contribution in [0.15, 0.2) is 59.0 Å². The fraction of sp³-hybridized carbons (Fsp3) is 0.375. The van der Waals surface area contributed by atoms with Crippen LogP contribution in [-0.2, 0) is 6.54 Å². The molecule has 0 radical (unpaired) electrons. The molecular formula is C24H26N4O4. The molecule has 8 heteroatoms. The Hall–Kier alpha value is -3.23. The normalized spacial score (nSPS) is 18.1. The van der Waals surface area contributed by atoms with Crippen LogP contribution in [-0.4, -0.2) is 68.9 Å². The van der Waals surface area contributed by atoms with Crippen molar-refractivity contribution in [1.29, 1.82) is 0 Å². The summed E-state index contributed by atoms with van der Waals surface area (Å²) >= 11 is 0. The van der Waals surface area contributed by atoms with Gasteiger partial charge in [0, 0.05) is 25.2 Å². The molecule has 2 fully saturated rings. The van der Waals surface area contributed by atoms with Gasteiger partial charge < -0.3 is 19.2 Å². The number of aromatic nitrogens is 2. The van der Waals surface area contributed by atoms with Crippen LogP contribution in [0.3, 0.4) is 0 Å². The number of hydrogen-bond acceptors (Lipinski definition) is 7. The molecule has 8 nitrogen and oxygen atoms in total. The monoisotopic (exact) mass is 434 g/mol. The first-order valence-corrected chi connectivity index (χ1v) is 10.9. The zero-order valence-corrected chi connectivity index (χ0v) is 18.0. The van der Waals surface area contributed by atoms with Gasteiger partial charge in [0.25, 0.3) is 0 Å². The first kappa shape index (κ1) is 20.7. The van der Waals surface area contributed by atoms with E-state index in [4.69, 9.17) is 9.15 Å². The molecule has 3 heterocycles. The van der Waals surface area contributed by atoms with Crippen LogP contribution in [0.5, 0.6) is 5.75 Å². The predicted molar refractivity (Wildman–Crippen MR) is 117 cm³/mol. The molecule has 3 aromatic rings. The number of β-amino-alcohol motifs (C(OH)–C–C–N with tert-alkyl or cyclic N) is 1. The number of carbonyl (C=O) groups excluding carboxylic acids is 1. The Balaban J connectivity index is 1.09. The van der Waals surface area contributed by atoms with E-state index >= 15 is 0 Å². The number of amides is 1. The van der Waals surface area contributed by atoms with Crippen molar-refractivity contribution in [3.63, 3.8) is 0 Å². The van der Waals surface area contributed by atoms with Gasteiger partial charge in [-0.1, -0.05) is 37.3 Å². The van der Waals surface area contributed by atoms with Gasteiger partial charge in [0.05, 0.1) is 18.7 Å². The van der Waals surface area contributed by atoms with Crippen molar-refractivity contribution in [1.82, 2.24) is 20.0 Å². The molecule has 32 heavy (non-hydrogen) atoms. The number of aliphatic hydroxyl groups is 1. The van der Waals surface area contributed by atoms with E-state index in [1.807, 2.05) is 61.5 Å². The van der Waals surface area contributed by atoms with Crippen molar-refractivity contribution >= 4 is 5.91 Å². The lowest BCUT2D eigenvalue weighted by atomic mass is 9.91. The molecule has 1 amide bonds. The average molecular weight is 434 g/mol. The summed E-state index contributed by atoms with van der Waals surface area (Å²) < 4.78 is 11.5. The van der Waals surface area contributed by atoms with Gasteiger partial charge >= 0.3 is 11.8 Å². The fourth-order valence-electron chi connectivity index (χ4n) is 4.07. The first-order chi connectivity index (χ1) is 15.5. The number of benzene rings is 2. The summed E-state index contributed by atoms with van der Waals surface area (Å²) in [6.45, 7) is 5.24. The summed E-state index contributed by atoms with van der Waals surface area (Å²) in [6, 6.07) is 17.4. The molecule has 2 saturated heterocycles. The van der Waals surface area contributed by atoms with E-state index in [0.717, 1.165) is 37.4 Å². The highest BCUT2D eigenvalue weighted by molar-refractivity contribution is 5.90. The lowest BCUT2D eigenvalue weighted by Crippen LogP contribution is -2.60. The minimum Gasteiger partial charge on any atom is -0.487 e. The Morgan fingerprint density at radius 2 is 1.84 bits per heavy atom. The molecule has 2 aromatic carbocycles. The van der Waals surface area contributed by atoms with Crippen LogP contribution in [0.4, 0.5) is 0 Å². The van der Waals surface area contributed by atoms with Crippen molar-refractivity contribution in [3.05, 3.63) is 66.1 Å². The van der Waals surface area contributed by atoms with Gasteiger partial charge in [0.1, 0.15) is 11.9 Å². The fourth-order valence-corrected chi connectivity index (χ4v) is 4.07. The Morgan fingerprint density at radius 3 is 2.53 bits per heavy atom. The minimum absolute atomic E-state index is 0.00683. The second-order valence-electron chi connectivity index (χ2n) is 8.60. The number of ether oxygens (including phenoxy) is 1. The van der Waals surface area contributed by atoms with Crippen molar-refractivity contribution in [2.24, 2.45) is 0 Å². The quantitative estimate of drug-likeness (QED) is 0.611. The largest absolute Gasteiger partial charge is 0.487 e. The van der Waals surface area contributed by atoms with E-state index in [1.54, 1.807) is 4.90 Å². The Kier molecular flexibility index (Phi) is 5.40. The molecule has 0 unspecified atom stereocenters. The van der Waals surface area contributed by atoms with Crippen LogP contribution in [0, 0.1) is 0 Å². The zero-order chi connectivity index (χ0) is 22.1. The van der Waals surface area contributed by atoms with Crippen LogP contribution < -0.4 is 4.74 Å². The van der Waals surface area contributed by atoms with E-state index < -0.39 is 5.60 Å². The number of hydrogen-bond donors (Lipinski definition) is 1. The minimum atomic E-state index is -0.513. The van der Waals surface area contributed by atoms with Crippen LogP contribution >= 0.6 is 0 Å². The maximum atomic E-state index is 12.6. The second kappa shape index (κ2) is 8.37. The van der Waals surface area contributed by atoms with Gasteiger partial charge in [-0.2, -0.15) is 0 Å². The lowest BCUT2D eigenvalue weighted by molar-refractivity contribution is -0.103. The third kappa shape index (κ3) is 4.24. The Labute approximate surface area is 186 Å². The van der Waals surface area contributed by atoms with Gasteiger partial charge in [0.15, 0.2) is 0 Å². The van der Waals surface area contributed by atoms with E-state index in [-0.39, 0.29) is 17.9 Å². The topological polar surface area (TPSA) is 91.9 Å². The van der Waals surface area contributed by atoms with Crippen LogP contribution in [0.1, 0.15) is 29.6 Å². The van der Waals surface area contributed by atoms with E-state index in [2.05, 4.69) is 15.1 Å². The average Bonchev–Trinajstić information content (AvgIpc) is 3.26. The second-order valence-corrected chi connectivity index (χ2v) is 8.60. The summed E-state index contributed by atoms with van der Waals surface area (Å²) in [6.07, 6.45) is 0.731. The number of nitrogens with zero attached hydrogens (tertiary/aromatic N) is 4. The molecule has 0 aliphatic carbocycles. The standard InChI is InChI=1S/C24H26N4O4/c1-2-24(30)15-27(16-24)12-17-8-10-19(11-9-17)31-20-13-28(14-20)23(29)22-26-25-21(32-22)18-6-4-3-5-7-18/h3-11,20,30H,2,12-16H2,1H3. The highest BCUT2D eigenvalue weighted by Gasteiger charge is 2.39. The Morgan fingerprint density at radius 1 is 1.12 bits per heavy atom. The zero-order valence-electron chi connectivity index (χ0n) is 18.0. The SMILES string of the molecule is CCC1(O)CN(Cc2ccc(OC3CN(C(=O)c4nnc(-c5ccccc5)o4)C3)cc2)C1. The number of likely N-dealkylation sites (tertiary alicyclic amines) is 2. The van der Waals surface area contributed by atoms with Gasteiger partial charge in [-0.05, 0) is 36.2 Å². The van der Waals surface area contributed by atoms with Gasteiger partial charge in [0.2, 0.25) is 5.89 Å². The highest BCUT2D eigenvalue weighted by Crippen LogP contribution is 2.27. The van der Waals surface area contributed by atoms with E-state index in [9.17, 15) is 9.90 Å². The maximum Gasteiger partial charge on any atom is 0.311 e. The van der Waals surface area contributed by atoms with Crippen molar-refractivity contribution in [3.8, 4) is 17.2 Å². The van der Waals surface area contributed by atoms with Crippen molar-refractivity contribution in [2.45, 2.75) is 31.6 Å². The molecule has 0 bridgehead atoms. The van der Waals surface area contributed by atoms with Crippen molar-refractivity contribution < 1.29 is 19.1 Å². The molecule has 1 N–H and O–H groups in total. The molecule has 2 aliphatic rings.